The molecule has 1 aromatic heterocycles. The second-order valence-electron chi connectivity index (χ2n) is 3.45. The van der Waals surface area contributed by atoms with E-state index in [4.69, 9.17) is 5.73 Å². The lowest BCUT2D eigenvalue weighted by molar-refractivity contribution is 0.475. The third-order valence-electron chi connectivity index (χ3n) is 2.41. The molecule has 2 rings (SSSR count). The van der Waals surface area contributed by atoms with E-state index in [1.54, 1.807) is 30.6 Å². The highest BCUT2D eigenvalue weighted by Crippen LogP contribution is 2.27. The number of rotatable bonds is 1. The molecular formula is C12H12N2O. The second kappa shape index (κ2) is 3.61. The molecular weight excluding hydrogens is 188 g/mol. The van der Waals surface area contributed by atoms with E-state index in [9.17, 15) is 5.11 Å². The molecule has 2 aromatic rings. The molecule has 0 fully saturated rings. The van der Waals surface area contributed by atoms with Crippen molar-refractivity contribution in [1.29, 1.82) is 0 Å². The smallest absolute Gasteiger partial charge is 0.116 e. The van der Waals surface area contributed by atoms with Crippen LogP contribution in [-0.4, -0.2) is 10.1 Å². The van der Waals surface area contributed by atoms with E-state index < -0.39 is 0 Å². The second-order valence-corrected chi connectivity index (χ2v) is 3.45. The summed E-state index contributed by atoms with van der Waals surface area (Å²) in [6.07, 6.45) is 3.38. The number of phenolic OH excluding ortho intramolecular Hbond substituents is 1. The van der Waals surface area contributed by atoms with Crippen molar-refractivity contribution >= 4 is 5.69 Å². The predicted octanol–water partition coefficient (Wildman–Crippen LogP) is 2.34. The largest absolute Gasteiger partial charge is 0.508 e. The molecule has 0 bridgehead atoms. The summed E-state index contributed by atoms with van der Waals surface area (Å²) in [5.41, 5.74) is 9.29. The molecule has 0 saturated heterocycles. The fraction of sp³-hybridized carbons (Fsp3) is 0.0833. The van der Waals surface area contributed by atoms with Crippen molar-refractivity contribution in [2.45, 2.75) is 6.92 Å². The highest BCUT2D eigenvalue weighted by atomic mass is 16.3. The van der Waals surface area contributed by atoms with Gasteiger partial charge < -0.3 is 10.8 Å². The van der Waals surface area contributed by atoms with Gasteiger partial charge in [-0.05, 0) is 30.2 Å². The Morgan fingerprint density at radius 1 is 1.27 bits per heavy atom. The SMILES string of the molecule is Cc1c(N)cncc1-c1cccc(O)c1. The van der Waals surface area contributed by atoms with Gasteiger partial charge in [0, 0.05) is 11.8 Å². The summed E-state index contributed by atoms with van der Waals surface area (Å²) in [5, 5.41) is 9.38. The lowest BCUT2D eigenvalue weighted by Gasteiger charge is -2.07. The lowest BCUT2D eigenvalue weighted by atomic mass is 10.0. The Morgan fingerprint density at radius 2 is 2.07 bits per heavy atom. The van der Waals surface area contributed by atoms with Crippen molar-refractivity contribution in [3.63, 3.8) is 0 Å². The Labute approximate surface area is 88.2 Å². The summed E-state index contributed by atoms with van der Waals surface area (Å²) in [4.78, 5) is 4.04. The topological polar surface area (TPSA) is 59.1 Å². The quantitative estimate of drug-likeness (QED) is 0.742. The number of nitrogens with zero attached hydrogens (tertiary/aromatic N) is 1. The van der Waals surface area contributed by atoms with Gasteiger partial charge in [0.25, 0.3) is 0 Å². The van der Waals surface area contributed by atoms with Gasteiger partial charge in [-0.25, -0.2) is 0 Å². The Hall–Kier alpha value is -2.03. The van der Waals surface area contributed by atoms with Crippen molar-refractivity contribution in [2.75, 3.05) is 5.73 Å². The number of nitrogen functional groups attached to an aromatic ring is 1. The van der Waals surface area contributed by atoms with Gasteiger partial charge in [-0.15, -0.1) is 0 Å². The van der Waals surface area contributed by atoms with E-state index in [1.807, 2.05) is 13.0 Å². The molecule has 1 heterocycles. The molecule has 0 unspecified atom stereocenters. The summed E-state index contributed by atoms with van der Waals surface area (Å²) >= 11 is 0. The number of nitrogens with two attached hydrogens (primary N) is 1. The fourth-order valence-electron chi connectivity index (χ4n) is 1.51. The molecule has 1 aromatic carbocycles. The van der Waals surface area contributed by atoms with Crippen molar-refractivity contribution < 1.29 is 5.11 Å². The lowest BCUT2D eigenvalue weighted by Crippen LogP contribution is -1.93. The summed E-state index contributed by atoms with van der Waals surface area (Å²) in [7, 11) is 0. The van der Waals surface area contributed by atoms with Crippen molar-refractivity contribution in [1.82, 2.24) is 4.98 Å². The number of aromatic hydroxyl groups is 1. The highest BCUT2D eigenvalue weighted by Gasteiger charge is 2.05. The number of benzene rings is 1. The first-order chi connectivity index (χ1) is 7.18. The van der Waals surface area contributed by atoms with E-state index in [1.165, 1.54) is 0 Å². The molecule has 0 aliphatic rings. The van der Waals surface area contributed by atoms with Crippen LogP contribution in [0.2, 0.25) is 0 Å². The Balaban J connectivity index is 2.59. The number of hydrogen-bond acceptors (Lipinski definition) is 3. The van der Waals surface area contributed by atoms with Crippen LogP contribution in [0.15, 0.2) is 36.7 Å². The number of pyridine rings is 1. The zero-order chi connectivity index (χ0) is 10.8. The monoisotopic (exact) mass is 200 g/mol. The maximum Gasteiger partial charge on any atom is 0.116 e. The molecule has 0 aliphatic heterocycles. The Bertz CT molecular complexity index is 495. The third kappa shape index (κ3) is 1.76. The zero-order valence-electron chi connectivity index (χ0n) is 8.44. The van der Waals surface area contributed by atoms with E-state index >= 15 is 0 Å². The normalized spacial score (nSPS) is 10.2. The van der Waals surface area contributed by atoms with Gasteiger partial charge in [0.15, 0.2) is 0 Å². The van der Waals surface area contributed by atoms with Gasteiger partial charge >= 0.3 is 0 Å². The molecule has 0 atom stereocenters. The van der Waals surface area contributed by atoms with Crippen LogP contribution in [0.1, 0.15) is 5.56 Å². The van der Waals surface area contributed by atoms with Crippen LogP contribution in [0.5, 0.6) is 5.75 Å². The van der Waals surface area contributed by atoms with E-state index in [0.29, 0.717) is 5.69 Å². The van der Waals surface area contributed by atoms with Crippen LogP contribution in [0.4, 0.5) is 5.69 Å². The summed E-state index contributed by atoms with van der Waals surface area (Å²) in [6.45, 7) is 1.94. The van der Waals surface area contributed by atoms with Crippen molar-refractivity contribution in [3.05, 3.63) is 42.2 Å². The van der Waals surface area contributed by atoms with Gasteiger partial charge in [-0.2, -0.15) is 0 Å². The molecule has 3 nitrogen and oxygen atoms in total. The number of anilines is 1. The first-order valence-corrected chi connectivity index (χ1v) is 4.68. The number of aromatic nitrogens is 1. The van der Waals surface area contributed by atoms with Crippen molar-refractivity contribution in [2.24, 2.45) is 0 Å². The maximum absolute atomic E-state index is 9.38. The molecule has 0 aliphatic carbocycles. The minimum absolute atomic E-state index is 0.245. The van der Waals surface area contributed by atoms with Crippen LogP contribution < -0.4 is 5.73 Å². The Kier molecular flexibility index (Phi) is 2.29. The minimum Gasteiger partial charge on any atom is -0.508 e. The summed E-state index contributed by atoms with van der Waals surface area (Å²) < 4.78 is 0. The summed E-state index contributed by atoms with van der Waals surface area (Å²) in [5.74, 6) is 0.245. The minimum atomic E-state index is 0.245. The van der Waals surface area contributed by atoms with Crippen molar-refractivity contribution in [3.8, 4) is 16.9 Å². The fourth-order valence-corrected chi connectivity index (χ4v) is 1.51. The van der Waals surface area contributed by atoms with Gasteiger partial charge in [-0.3, -0.25) is 4.98 Å². The average Bonchev–Trinajstić information content (AvgIpc) is 2.22. The Morgan fingerprint density at radius 3 is 2.80 bits per heavy atom. The van der Waals surface area contributed by atoms with Gasteiger partial charge in [0.2, 0.25) is 0 Å². The molecule has 0 saturated carbocycles. The first kappa shape index (κ1) is 9.52. The maximum atomic E-state index is 9.38. The van der Waals surface area contributed by atoms with E-state index in [2.05, 4.69) is 4.98 Å². The third-order valence-corrected chi connectivity index (χ3v) is 2.41. The van der Waals surface area contributed by atoms with Crippen LogP contribution >= 0.6 is 0 Å². The molecule has 3 N–H and O–H groups in total. The number of phenols is 1. The predicted molar refractivity (Wildman–Crippen MR) is 60.5 cm³/mol. The highest BCUT2D eigenvalue weighted by molar-refractivity contribution is 5.72. The molecule has 0 radical (unpaired) electrons. The van der Waals surface area contributed by atoms with Crippen LogP contribution in [0.3, 0.4) is 0 Å². The molecule has 0 amide bonds. The van der Waals surface area contributed by atoms with Crippen LogP contribution in [0.25, 0.3) is 11.1 Å². The van der Waals surface area contributed by atoms with E-state index in [-0.39, 0.29) is 5.75 Å². The molecule has 0 spiro atoms. The van der Waals surface area contributed by atoms with E-state index in [0.717, 1.165) is 16.7 Å². The standard InChI is InChI=1S/C12H12N2O/c1-8-11(6-14-7-12(8)13)9-3-2-4-10(15)5-9/h2-7,15H,13H2,1H3. The molecule has 3 heteroatoms. The zero-order valence-corrected chi connectivity index (χ0v) is 8.44. The molecule has 76 valence electrons. The number of hydrogen-bond donors (Lipinski definition) is 2. The van der Waals surface area contributed by atoms with Gasteiger partial charge in [0.05, 0.1) is 11.9 Å². The summed E-state index contributed by atoms with van der Waals surface area (Å²) in [6, 6.07) is 7.05. The van der Waals surface area contributed by atoms with Crippen LogP contribution in [0, 0.1) is 6.92 Å². The van der Waals surface area contributed by atoms with Gasteiger partial charge in [0.1, 0.15) is 5.75 Å². The molecule has 15 heavy (non-hydrogen) atoms. The average molecular weight is 200 g/mol. The first-order valence-electron chi connectivity index (χ1n) is 4.68. The van der Waals surface area contributed by atoms with Gasteiger partial charge in [-0.1, -0.05) is 12.1 Å². The van der Waals surface area contributed by atoms with Crippen LogP contribution in [-0.2, 0) is 0 Å².